The highest BCUT2D eigenvalue weighted by Crippen LogP contribution is 2.36. The number of aryl methyl sites for hydroxylation is 1. The molecule has 23 heavy (non-hydrogen) atoms. The third-order valence-electron chi connectivity index (χ3n) is 3.22. The molecule has 1 aliphatic rings. The van der Waals surface area contributed by atoms with Crippen molar-refractivity contribution in [2.24, 2.45) is 5.10 Å². The van der Waals surface area contributed by atoms with E-state index in [1.807, 2.05) is 43.3 Å². The molecule has 1 atom stereocenters. The number of amides is 2. The Labute approximate surface area is 142 Å². The monoisotopic (exact) mass is 345 g/mol. The molecule has 2 N–H and O–H groups in total. The molecule has 1 unspecified atom stereocenters. The van der Waals surface area contributed by atoms with Gasteiger partial charge in [0, 0.05) is 21.1 Å². The van der Waals surface area contributed by atoms with E-state index in [0.717, 1.165) is 15.5 Å². The predicted molar refractivity (Wildman–Crippen MR) is 94.1 cm³/mol. The molecule has 2 heterocycles. The van der Waals surface area contributed by atoms with Crippen molar-refractivity contribution in [2.75, 3.05) is 5.32 Å². The van der Waals surface area contributed by atoms with Gasteiger partial charge in [0.05, 0.1) is 17.2 Å². The Morgan fingerprint density at radius 1 is 1.35 bits per heavy atom. The molecule has 0 spiro atoms. The van der Waals surface area contributed by atoms with Gasteiger partial charge in [-0.1, -0.05) is 12.1 Å². The first-order chi connectivity index (χ1) is 11.1. The molecule has 0 aliphatic carbocycles. The molecule has 5 nitrogen and oxygen atoms in total. The van der Waals surface area contributed by atoms with Gasteiger partial charge in [0.15, 0.2) is 0 Å². The number of hydrazone groups is 1. The number of fused-ring (bicyclic) bond motifs is 1. The zero-order valence-electron chi connectivity index (χ0n) is 12.4. The van der Waals surface area contributed by atoms with Gasteiger partial charge in [-0.2, -0.15) is 5.10 Å². The fourth-order valence-electron chi connectivity index (χ4n) is 2.13. The number of thiophene rings is 1. The summed E-state index contributed by atoms with van der Waals surface area (Å²) in [6.45, 7) is 2.01. The van der Waals surface area contributed by atoms with Gasteiger partial charge in [-0.3, -0.25) is 9.59 Å². The zero-order valence-corrected chi connectivity index (χ0v) is 14.0. The molecule has 1 aromatic heterocycles. The van der Waals surface area contributed by atoms with Crippen molar-refractivity contribution in [1.29, 1.82) is 0 Å². The molecular weight excluding hydrogens is 330 g/mol. The molecule has 2 amide bonds. The Morgan fingerprint density at radius 2 is 2.17 bits per heavy atom. The van der Waals surface area contributed by atoms with E-state index in [-0.39, 0.29) is 18.2 Å². The lowest BCUT2D eigenvalue weighted by Crippen LogP contribution is -2.33. The van der Waals surface area contributed by atoms with Crippen molar-refractivity contribution in [3.05, 3.63) is 46.2 Å². The zero-order chi connectivity index (χ0) is 16.2. The Kier molecular flexibility index (Phi) is 4.78. The van der Waals surface area contributed by atoms with Crippen molar-refractivity contribution in [3.8, 4) is 0 Å². The summed E-state index contributed by atoms with van der Waals surface area (Å²) in [6, 6.07) is 11.5. The highest BCUT2D eigenvalue weighted by Gasteiger charge is 2.28. The molecular formula is C16H15N3O2S2. The second-order valence-electron chi connectivity index (χ2n) is 5.04. The maximum atomic E-state index is 12.0. The lowest BCUT2D eigenvalue weighted by molar-refractivity contribution is -0.124. The van der Waals surface area contributed by atoms with Crippen LogP contribution >= 0.6 is 23.1 Å². The molecule has 2 aromatic rings. The molecule has 3 rings (SSSR count). The molecule has 0 fully saturated rings. The first-order valence-electron chi connectivity index (χ1n) is 7.07. The second-order valence-corrected chi connectivity index (χ2v) is 7.60. The van der Waals surface area contributed by atoms with Crippen LogP contribution in [0.25, 0.3) is 0 Å². The van der Waals surface area contributed by atoms with Crippen LogP contribution in [0.1, 0.15) is 16.2 Å². The van der Waals surface area contributed by atoms with Crippen LogP contribution in [0.5, 0.6) is 0 Å². The smallest absolute Gasteiger partial charge is 0.241 e. The number of rotatable bonds is 4. The average Bonchev–Trinajstić information content (AvgIpc) is 2.93. The minimum atomic E-state index is -0.441. The summed E-state index contributed by atoms with van der Waals surface area (Å²) >= 11 is 3.00. The van der Waals surface area contributed by atoms with Gasteiger partial charge in [0.25, 0.3) is 0 Å². The van der Waals surface area contributed by atoms with Crippen LogP contribution in [0.15, 0.2) is 46.4 Å². The summed E-state index contributed by atoms with van der Waals surface area (Å²) in [5.41, 5.74) is 3.27. The van der Waals surface area contributed by atoms with Crippen LogP contribution in [0.4, 0.5) is 5.69 Å². The molecule has 118 valence electrons. The third kappa shape index (κ3) is 4.00. The molecule has 0 radical (unpaired) electrons. The minimum Gasteiger partial charge on any atom is -0.324 e. The summed E-state index contributed by atoms with van der Waals surface area (Å²) in [5, 5.41) is 6.32. The Morgan fingerprint density at radius 3 is 2.96 bits per heavy atom. The number of nitrogens with one attached hydrogen (secondary N) is 2. The van der Waals surface area contributed by atoms with E-state index in [1.54, 1.807) is 17.6 Å². The molecule has 1 aromatic carbocycles. The Balaban J connectivity index is 1.56. The third-order valence-corrected chi connectivity index (χ3v) is 5.43. The molecule has 0 saturated heterocycles. The van der Waals surface area contributed by atoms with Gasteiger partial charge in [-0.05, 0) is 31.2 Å². The number of carbonyl (C=O) groups is 2. The van der Waals surface area contributed by atoms with Crippen molar-refractivity contribution in [1.82, 2.24) is 5.43 Å². The van der Waals surface area contributed by atoms with E-state index in [0.29, 0.717) is 0 Å². The van der Waals surface area contributed by atoms with Crippen LogP contribution in [0, 0.1) is 6.92 Å². The number of hydrogen-bond acceptors (Lipinski definition) is 5. The maximum absolute atomic E-state index is 12.0. The SMILES string of the molecule is Cc1ccc(C=NNC(=O)CC2Sc3ccccc3NC2=O)s1. The summed E-state index contributed by atoms with van der Waals surface area (Å²) in [5.74, 6) is -0.428. The van der Waals surface area contributed by atoms with Crippen LogP contribution < -0.4 is 10.7 Å². The number of thioether (sulfide) groups is 1. The fraction of sp³-hybridized carbons (Fsp3) is 0.188. The van der Waals surface area contributed by atoms with Crippen molar-refractivity contribution >= 4 is 46.8 Å². The molecule has 1 aliphatic heterocycles. The number of benzene rings is 1. The van der Waals surface area contributed by atoms with Crippen molar-refractivity contribution in [2.45, 2.75) is 23.5 Å². The number of carbonyl (C=O) groups excluding carboxylic acids is 2. The normalized spacial score (nSPS) is 16.9. The first-order valence-corrected chi connectivity index (χ1v) is 8.76. The number of nitrogens with zero attached hydrogens (tertiary/aromatic N) is 1. The van der Waals surface area contributed by atoms with Gasteiger partial charge in [0.1, 0.15) is 0 Å². The van der Waals surface area contributed by atoms with E-state index < -0.39 is 5.25 Å². The topological polar surface area (TPSA) is 70.6 Å². The minimum absolute atomic E-state index is 0.0889. The van der Waals surface area contributed by atoms with E-state index in [1.165, 1.54) is 16.6 Å². The van der Waals surface area contributed by atoms with E-state index in [2.05, 4.69) is 15.8 Å². The highest BCUT2D eigenvalue weighted by molar-refractivity contribution is 8.01. The summed E-state index contributed by atoms with van der Waals surface area (Å²) in [4.78, 5) is 27.1. The quantitative estimate of drug-likeness (QED) is 0.661. The molecule has 0 bridgehead atoms. The largest absolute Gasteiger partial charge is 0.324 e. The second kappa shape index (κ2) is 6.97. The summed E-state index contributed by atoms with van der Waals surface area (Å²) in [6.07, 6.45) is 1.70. The van der Waals surface area contributed by atoms with Crippen molar-refractivity contribution in [3.63, 3.8) is 0 Å². The van der Waals surface area contributed by atoms with Gasteiger partial charge in [-0.25, -0.2) is 5.43 Å². The van der Waals surface area contributed by atoms with E-state index in [4.69, 9.17) is 0 Å². The van der Waals surface area contributed by atoms with Crippen LogP contribution in [0.3, 0.4) is 0 Å². The highest BCUT2D eigenvalue weighted by atomic mass is 32.2. The lowest BCUT2D eigenvalue weighted by Gasteiger charge is -2.23. The van der Waals surface area contributed by atoms with Gasteiger partial charge < -0.3 is 5.32 Å². The van der Waals surface area contributed by atoms with Crippen molar-refractivity contribution < 1.29 is 9.59 Å². The van der Waals surface area contributed by atoms with Crippen LogP contribution in [0.2, 0.25) is 0 Å². The average molecular weight is 345 g/mol. The first kappa shape index (κ1) is 15.8. The van der Waals surface area contributed by atoms with Gasteiger partial charge >= 0.3 is 0 Å². The number of hydrogen-bond donors (Lipinski definition) is 2. The number of para-hydroxylation sites is 1. The Hall–Kier alpha value is -2.12. The molecule has 0 saturated carbocycles. The molecule has 7 heteroatoms. The Bertz CT molecular complexity index is 770. The fourth-order valence-corrected chi connectivity index (χ4v) is 3.99. The number of anilines is 1. The predicted octanol–water partition coefficient (Wildman–Crippen LogP) is 3.01. The summed E-state index contributed by atoms with van der Waals surface area (Å²) < 4.78 is 0. The maximum Gasteiger partial charge on any atom is 0.241 e. The van der Waals surface area contributed by atoms with E-state index >= 15 is 0 Å². The van der Waals surface area contributed by atoms with Crippen LogP contribution in [-0.2, 0) is 9.59 Å². The van der Waals surface area contributed by atoms with Gasteiger partial charge in [0.2, 0.25) is 11.8 Å². The lowest BCUT2D eigenvalue weighted by atomic mass is 10.2. The van der Waals surface area contributed by atoms with E-state index in [9.17, 15) is 9.59 Å². The standard InChI is InChI=1S/C16H15N3O2S2/c1-10-6-7-11(22-10)9-17-19-15(20)8-14-16(21)18-12-4-2-3-5-13(12)23-14/h2-7,9,14H,8H2,1H3,(H,18,21)(H,19,20). The summed E-state index contributed by atoms with van der Waals surface area (Å²) in [7, 11) is 0. The van der Waals surface area contributed by atoms with Gasteiger partial charge in [-0.15, -0.1) is 23.1 Å². The van der Waals surface area contributed by atoms with Crippen LogP contribution in [-0.4, -0.2) is 23.3 Å².